The average molecular weight is 297 g/mol. The van der Waals surface area contributed by atoms with Crippen molar-refractivity contribution < 1.29 is 13.7 Å². The molecule has 0 atom stereocenters. The highest BCUT2D eigenvalue weighted by atomic mass is 32.2. The van der Waals surface area contributed by atoms with Crippen LogP contribution in [0.2, 0.25) is 0 Å². The third kappa shape index (κ3) is 3.41. The van der Waals surface area contributed by atoms with Crippen LogP contribution in [-0.2, 0) is 0 Å². The van der Waals surface area contributed by atoms with Gasteiger partial charge in [-0.2, -0.15) is 8.78 Å². The van der Waals surface area contributed by atoms with Crippen LogP contribution in [0.1, 0.15) is 0 Å². The number of nitrogens with zero attached hydrogens (tertiary/aromatic N) is 2. The molecule has 2 N–H and O–H groups in total. The maximum Gasteiger partial charge on any atom is 0.288 e. The molecule has 0 fully saturated rings. The second-order valence-corrected chi connectivity index (χ2v) is 4.86. The summed E-state index contributed by atoms with van der Waals surface area (Å²) in [5.74, 6) is -2.47. The molecule has 1 aromatic carbocycles. The predicted octanol–water partition coefficient (Wildman–Crippen LogP) is 3.55. The van der Waals surface area contributed by atoms with Crippen molar-refractivity contribution >= 4 is 23.3 Å². The predicted molar refractivity (Wildman–Crippen MR) is 72.6 cm³/mol. The third-order valence-corrected chi connectivity index (χ3v) is 3.14. The summed E-state index contributed by atoms with van der Waals surface area (Å²) in [5.41, 5.74) is 6.24. The van der Waals surface area contributed by atoms with Crippen LogP contribution in [0.25, 0.3) is 11.3 Å². The lowest BCUT2D eigenvalue weighted by Crippen LogP contribution is -1.96. The van der Waals surface area contributed by atoms with Crippen LogP contribution in [0.5, 0.6) is 0 Å². The van der Waals surface area contributed by atoms with E-state index in [0.29, 0.717) is 27.9 Å². The van der Waals surface area contributed by atoms with Crippen LogP contribution in [-0.4, -0.2) is 15.7 Å². The molecule has 0 spiro atoms. The van der Waals surface area contributed by atoms with E-state index in [9.17, 15) is 18.9 Å². The zero-order valence-corrected chi connectivity index (χ0v) is 10.8. The minimum Gasteiger partial charge on any atom is -0.383 e. The van der Waals surface area contributed by atoms with Crippen molar-refractivity contribution in [2.45, 2.75) is 10.7 Å². The molecule has 0 saturated heterocycles. The van der Waals surface area contributed by atoms with Gasteiger partial charge < -0.3 is 5.73 Å². The van der Waals surface area contributed by atoms with Crippen molar-refractivity contribution in [1.82, 2.24) is 4.98 Å². The zero-order chi connectivity index (χ0) is 14.7. The van der Waals surface area contributed by atoms with E-state index in [-0.39, 0.29) is 11.5 Å². The monoisotopic (exact) mass is 297 g/mol. The van der Waals surface area contributed by atoms with Crippen molar-refractivity contribution in [2.75, 3.05) is 5.73 Å². The maximum atomic E-state index is 12.2. The molecule has 0 bridgehead atoms. The molecule has 5 nitrogen and oxygen atoms in total. The Morgan fingerprint density at radius 1 is 1.25 bits per heavy atom. The fraction of sp³-hybridized carbons (Fsp3) is 0.0833. The van der Waals surface area contributed by atoms with Gasteiger partial charge in [-0.1, -0.05) is 23.9 Å². The summed E-state index contributed by atoms with van der Waals surface area (Å²) in [6.07, 6.45) is 0. The second-order valence-electron chi connectivity index (χ2n) is 3.80. The standard InChI is InChI=1S/C12H9F2N3O2S/c13-12(14)20-9-3-1-7(2-4-9)10-5-8(17(18)19)6-11(15)16-10/h1-6,12H,(H2,15,16). The first-order valence-corrected chi connectivity index (χ1v) is 6.31. The lowest BCUT2D eigenvalue weighted by Gasteiger charge is -2.04. The van der Waals surface area contributed by atoms with Gasteiger partial charge in [0.25, 0.3) is 11.4 Å². The summed E-state index contributed by atoms with van der Waals surface area (Å²) >= 11 is 0.427. The Balaban J connectivity index is 2.34. The normalized spacial score (nSPS) is 10.8. The fourth-order valence-corrected chi connectivity index (χ4v) is 2.10. The van der Waals surface area contributed by atoms with Gasteiger partial charge in [-0.25, -0.2) is 4.98 Å². The van der Waals surface area contributed by atoms with E-state index in [4.69, 9.17) is 5.73 Å². The summed E-state index contributed by atoms with van der Waals surface area (Å²) < 4.78 is 24.4. The average Bonchev–Trinajstić information content (AvgIpc) is 2.38. The fourth-order valence-electron chi connectivity index (χ4n) is 1.60. The first kappa shape index (κ1) is 14.2. The molecule has 104 valence electrons. The number of hydrogen-bond donors (Lipinski definition) is 1. The molecule has 0 aliphatic heterocycles. The van der Waals surface area contributed by atoms with E-state index in [1.807, 2.05) is 0 Å². The molecule has 2 rings (SSSR count). The smallest absolute Gasteiger partial charge is 0.288 e. The van der Waals surface area contributed by atoms with Crippen molar-refractivity contribution in [3.8, 4) is 11.3 Å². The summed E-state index contributed by atoms with van der Waals surface area (Å²) in [6, 6.07) is 8.58. The van der Waals surface area contributed by atoms with Gasteiger partial charge in [-0.15, -0.1) is 0 Å². The van der Waals surface area contributed by atoms with E-state index in [1.54, 1.807) is 12.1 Å². The number of aromatic nitrogens is 1. The molecule has 20 heavy (non-hydrogen) atoms. The number of hydrogen-bond acceptors (Lipinski definition) is 5. The topological polar surface area (TPSA) is 82.0 Å². The Kier molecular flexibility index (Phi) is 4.14. The van der Waals surface area contributed by atoms with Crippen molar-refractivity contribution in [2.24, 2.45) is 0 Å². The molecule has 0 radical (unpaired) electrons. The number of nitrogens with two attached hydrogens (primary N) is 1. The molecule has 0 aliphatic rings. The van der Waals surface area contributed by atoms with Crippen LogP contribution < -0.4 is 5.73 Å². The van der Waals surface area contributed by atoms with Gasteiger partial charge in [-0.05, 0) is 12.1 Å². The summed E-state index contributed by atoms with van der Waals surface area (Å²) in [7, 11) is 0. The number of nitrogen functional groups attached to an aromatic ring is 1. The highest BCUT2D eigenvalue weighted by Gasteiger charge is 2.11. The second kappa shape index (κ2) is 5.83. The number of anilines is 1. The minimum absolute atomic E-state index is 0.0280. The number of alkyl halides is 2. The van der Waals surface area contributed by atoms with Gasteiger partial charge in [-0.3, -0.25) is 10.1 Å². The molecule has 1 heterocycles. The van der Waals surface area contributed by atoms with Gasteiger partial charge in [0.2, 0.25) is 0 Å². The molecular formula is C12H9F2N3O2S. The number of rotatable bonds is 4. The quantitative estimate of drug-likeness (QED) is 0.530. The van der Waals surface area contributed by atoms with Gasteiger partial charge in [0, 0.05) is 16.5 Å². The van der Waals surface area contributed by atoms with Crippen molar-refractivity contribution in [3.63, 3.8) is 0 Å². The Hall–Kier alpha value is -2.22. The van der Waals surface area contributed by atoms with Crippen LogP contribution >= 0.6 is 11.8 Å². The van der Waals surface area contributed by atoms with Gasteiger partial charge in [0.15, 0.2) is 0 Å². The molecule has 0 aliphatic carbocycles. The van der Waals surface area contributed by atoms with Gasteiger partial charge in [0.1, 0.15) is 5.82 Å². The van der Waals surface area contributed by atoms with E-state index in [2.05, 4.69) is 4.98 Å². The molecule has 8 heteroatoms. The van der Waals surface area contributed by atoms with Crippen molar-refractivity contribution in [1.29, 1.82) is 0 Å². The van der Waals surface area contributed by atoms with Crippen LogP contribution in [0, 0.1) is 10.1 Å². The van der Waals surface area contributed by atoms with Crippen LogP contribution in [0.4, 0.5) is 20.3 Å². The van der Waals surface area contributed by atoms with Crippen LogP contribution in [0.3, 0.4) is 0 Å². The van der Waals surface area contributed by atoms with Gasteiger partial charge >= 0.3 is 0 Å². The van der Waals surface area contributed by atoms with Gasteiger partial charge in [0.05, 0.1) is 16.7 Å². The number of nitro groups is 1. The molecule has 2 aromatic rings. The van der Waals surface area contributed by atoms with Crippen LogP contribution in [0.15, 0.2) is 41.3 Å². The Bertz CT molecular complexity index is 635. The summed E-state index contributed by atoms with van der Waals surface area (Å²) in [6.45, 7) is 0. The first-order valence-electron chi connectivity index (χ1n) is 5.43. The SMILES string of the molecule is Nc1cc([N+](=O)[O-])cc(-c2ccc(SC(F)F)cc2)n1. The largest absolute Gasteiger partial charge is 0.383 e. The number of halogens is 2. The van der Waals surface area contributed by atoms with E-state index < -0.39 is 10.7 Å². The number of pyridine rings is 1. The van der Waals surface area contributed by atoms with Crippen molar-refractivity contribution in [3.05, 3.63) is 46.5 Å². The minimum atomic E-state index is -2.49. The first-order chi connectivity index (χ1) is 9.45. The highest BCUT2D eigenvalue weighted by Crippen LogP contribution is 2.29. The summed E-state index contributed by atoms with van der Waals surface area (Å²) in [4.78, 5) is 14.6. The molecule has 0 saturated carbocycles. The lowest BCUT2D eigenvalue weighted by atomic mass is 10.1. The number of benzene rings is 1. The molecule has 0 unspecified atom stereocenters. The van der Waals surface area contributed by atoms with E-state index in [0.717, 1.165) is 6.07 Å². The highest BCUT2D eigenvalue weighted by molar-refractivity contribution is 7.99. The van der Waals surface area contributed by atoms with E-state index in [1.165, 1.54) is 18.2 Å². The Morgan fingerprint density at radius 2 is 1.90 bits per heavy atom. The number of thioether (sulfide) groups is 1. The Morgan fingerprint density at radius 3 is 2.45 bits per heavy atom. The van der Waals surface area contributed by atoms with E-state index >= 15 is 0 Å². The zero-order valence-electron chi connectivity index (χ0n) is 9.99. The maximum absolute atomic E-state index is 12.2. The Labute approximate surface area is 117 Å². The third-order valence-electron chi connectivity index (χ3n) is 2.42. The lowest BCUT2D eigenvalue weighted by molar-refractivity contribution is -0.384. The molecule has 1 aromatic heterocycles. The molecular weight excluding hydrogens is 288 g/mol. The molecule has 0 amide bonds. The summed E-state index contributed by atoms with van der Waals surface area (Å²) in [5, 5.41) is 10.7.